The average molecular weight is 357 g/mol. The van der Waals surface area contributed by atoms with Gasteiger partial charge in [0, 0.05) is 20.6 Å². The van der Waals surface area contributed by atoms with Gasteiger partial charge in [-0.25, -0.2) is 0 Å². The van der Waals surface area contributed by atoms with Crippen molar-refractivity contribution in [1.29, 1.82) is 0 Å². The zero-order valence-electron chi connectivity index (χ0n) is 10.1. The predicted octanol–water partition coefficient (Wildman–Crippen LogP) is 4.95. The molecular formula is C14H11BrClNOS. The van der Waals surface area contributed by atoms with Crippen molar-refractivity contribution in [2.24, 2.45) is 0 Å². The molecule has 0 saturated carbocycles. The Kier molecular flexibility index (Phi) is 4.55. The molecule has 98 valence electrons. The zero-order chi connectivity index (χ0) is 14.0. The Bertz CT molecular complexity index is 645. The molecule has 1 N–H and O–H groups in total. The molecule has 0 spiro atoms. The second kappa shape index (κ2) is 5.99. The first-order chi connectivity index (χ1) is 8.97. The Morgan fingerprint density at radius 2 is 2.00 bits per heavy atom. The monoisotopic (exact) mass is 355 g/mol. The maximum absolute atomic E-state index is 12.2. The van der Waals surface area contributed by atoms with Crippen molar-refractivity contribution < 1.29 is 4.79 Å². The highest BCUT2D eigenvalue weighted by atomic mass is 79.9. The van der Waals surface area contributed by atoms with Crippen LogP contribution in [0.5, 0.6) is 0 Å². The normalized spacial score (nSPS) is 10.3. The summed E-state index contributed by atoms with van der Waals surface area (Å²) >= 11 is 13.5. The highest BCUT2D eigenvalue weighted by molar-refractivity contribution is 9.10. The van der Waals surface area contributed by atoms with E-state index in [9.17, 15) is 4.79 Å². The molecule has 0 bridgehead atoms. The third-order valence-electron chi connectivity index (χ3n) is 2.64. The molecule has 19 heavy (non-hydrogen) atoms. The number of rotatable bonds is 2. The van der Waals surface area contributed by atoms with Crippen LogP contribution in [-0.2, 0) is 0 Å². The van der Waals surface area contributed by atoms with Crippen LogP contribution >= 0.6 is 40.2 Å². The van der Waals surface area contributed by atoms with Gasteiger partial charge in [0.15, 0.2) is 0 Å². The van der Waals surface area contributed by atoms with E-state index in [4.69, 9.17) is 11.6 Å². The van der Waals surface area contributed by atoms with Crippen LogP contribution in [0.15, 0.2) is 45.8 Å². The van der Waals surface area contributed by atoms with E-state index in [1.165, 1.54) is 0 Å². The van der Waals surface area contributed by atoms with Gasteiger partial charge in [-0.05, 0) is 58.7 Å². The van der Waals surface area contributed by atoms with Gasteiger partial charge in [-0.1, -0.05) is 17.7 Å². The number of hydrogen-bond donors (Lipinski definition) is 2. The zero-order valence-corrected chi connectivity index (χ0v) is 13.3. The van der Waals surface area contributed by atoms with Gasteiger partial charge in [-0.3, -0.25) is 4.79 Å². The number of carbonyl (C=O) groups is 1. The molecule has 0 fully saturated rings. The van der Waals surface area contributed by atoms with Crippen LogP contribution in [-0.4, -0.2) is 5.91 Å². The minimum Gasteiger partial charge on any atom is -0.322 e. The Morgan fingerprint density at radius 3 is 2.68 bits per heavy atom. The lowest BCUT2D eigenvalue weighted by Gasteiger charge is -2.09. The summed E-state index contributed by atoms with van der Waals surface area (Å²) in [6.07, 6.45) is 0. The molecule has 2 nitrogen and oxygen atoms in total. The van der Waals surface area contributed by atoms with Crippen molar-refractivity contribution >= 4 is 51.8 Å². The first-order valence-corrected chi connectivity index (χ1v) is 7.15. The van der Waals surface area contributed by atoms with Gasteiger partial charge in [-0.2, -0.15) is 0 Å². The molecule has 5 heteroatoms. The number of benzene rings is 2. The third-order valence-corrected chi connectivity index (χ3v) is 4.14. The van der Waals surface area contributed by atoms with Gasteiger partial charge >= 0.3 is 0 Å². The fourth-order valence-corrected chi connectivity index (χ4v) is 2.33. The molecule has 0 aliphatic carbocycles. The van der Waals surface area contributed by atoms with Crippen LogP contribution < -0.4 is 5.32 Å². The number of halogens is 2. The van der Waals surface area contributed by atoms with E-state index in [0.29, 0.717) is 16.3 Å². The molecule has 2 aromatic rings. The molecular weight excluding hydrogens is 346 g/mol. The Balaban J connectivity index is 2.25. The van der Waals surface area contributed by atoms with Crippen molar-refractivity contribution in [2.75, 3.05) is 5.32 Å². The maximum Gasteiger partial charge on any atom is 0.255 e. The number of hydrogen-bond acceptors (Lipinski definition) is 2. The summed E-state index contributed by atoms with van der Waals surface area (Å²) < 4.78 is 0.742. The SMILES string of the molecule is Cc1ccc(S)cc1C(=O)Nc1ccc(Cl)c(Br)c1. The third kappa shape index (κ3) is 3.53. The molecule has 0 aromatic heterocycles. The van der Waals surface area contributed by atoms with Crippen LogP contribution in [0.1, 0.15) is 15.9 Å². The largest absolute Gasteiger partial charge is 0.322 e. The average Bonchev–Trinajstić information content (AvgIpc) is 2.36. The topological polar surface area (TPSA) is 29.1 Å². The lowest BCUT2D eigenvalue weighted by Crippen LogP contribution is -2.13. The van der Waals surface area contributed by atoms with E-state index in [1.807, 2.05) is 19.1 Å². The Hall–Kier alpha value is -0.970. The summed E-state index contributed by atoms with van der Waals surface area (Å²) in [4.78, 5) is 12.9. The van der Waals surface area contributed by atoms with Crippen LogP contribution in [0.2, 0.25) is 5.02 Å². The van der Waals surface area contributed by atoms with Crippen LogP contribution in [0.4, 0.5) is 5.69 Å². The molecule has 0 aliphatic heterocycles. The number of nitrogens with one attached hydrogen (secondary N) is 1. The summed E-state index contributed by atoms with van der Waals surface area (Å²) in [5.41, 5.74) is 2.20. The predicted molar refractivity (Wildman–Crippen MR) is 85.5 cm³/mol. The lowest BCUT2D eigenvalue weighted by molar-refractivity contribution is 0.102. The molecule has 0 atom stereocenters. The molecule has 0 unspecified atom stereocenters. The number of carbonyl (C=O) groups excluding carboxylic acids is 1. The summed E-state index contributed by atoms with van der Waals surface area (Å²) in [5, 5.41) is 3.44. The second-order valence-corrected chi connectivity index (χ2v) is 5.86. The Morgan fingerprint density at radius 1 is 1.26 bits per heavy atom. The highest BCUT2D eigenvalue weighted by Gasteiger charge is 2.10. The molecule has 0 radical (unpaired) electrons. The fourth-order valence-electron chi connectivity index (χ4n) is 1.63. The second-order valence-electron chi connectivity index (χ2n) is 4.08. The summed E-state index contributed by atoms with van der Waals surface area (Å²) in [6.45, 7) is 1.89. The highest BCUT2D eigenvalue weighted by Crippen LogP contribution is 2.26. The van der Waals surface area contributed by atoms with Gasteiger partial charge < -0.3 is 5.32 Å². The smallest absolute Gasteiger partial charge is 0.255 e. The molecule has 1 amide bonds. The molecule has 2 aromatic carbocycles. The van der Waals surface area contributed by atoms with E-state index in [1.54, 1.807) is 24.3 Å². The lowest BCUT2D eigenvalue weighted by atomic mass is 10.1. The van der Waals surface area contributed by atoms with Crippen LogP contribution in [0.3, 0.4) is 0 Å². The van der Waals surface area contributed by atoms with Gasteiger partial charge in [0.2, 0.25) is 0 Å². The van der Waals surface area contributed by atoms with Crippen molar-refractivity contribution in [2.45, 2.75) is 11.8 Å². The summed E-state index contributed by atoms with van der Waals surface area (Å²) in [7, 11) is 0. The van der Waals surface area contributed by atoms with E-state index in [2.05, 4.69) is 33.9 Å². The molecule has 0 aliphatic rings. The van der Waals surface area contributed by atoms with E-state index in [0.717, 1.165) is 14.9 Å². The maximum atomic E-state index is 12.2. The standard InChI is InChI=1S/C14H11BrClNOS/c1-8-2-4-10(19)7-11(8)14(18)17-9-3-5-13(16)12(15)6-9/h2-7,19H,1H3,(H,17,18). The molecule has 2 rings (SSSR count). The van der Waals surface area contributed by atoms with Gasteiger partial charge in [0.25, 0.3) is 5.91 Å². The van der Waals surface area contributed by atoms with Crippen molar-refractivity contribution in [1.82, 2.24) is 0 Å². The number of thiol groups is 1. The minimum absolute atomic E-state index is 0.164. The first kappa shape index (κ1) is 14.4. The number of amides is 1. The van der Waals surface area contributed by atoms with Gasteiger partial charge in [0.1, 0.15) is 0 Å². The van der Waals surface area contributed by atoms with Gasteiger partial charge in [0.05, 0.1) is 5.02 Å². The summed E-state index contributed by atoms with van der Waals surface area (Å²) in [6, 6.07) is 10.7. The van der Waals surface area contributed by atoms with Crippen LogP contribution in [0, 0.1) is 6.92 Å². The molecule has 0 saturated heterocycles. The fraction of sp³-hybridized carbons (Fsp3) is 0.0714. The van der Waals surface area contributed by atoms with Crippen molar-refractivity contribution in [3.63, 3.8) is 0 Å². The van der Waals surface area contributed by atoms with Crippen molar-refractivity contribution in [3.8, 4) is 0 Å². The first-order valence-electron chi connectivity index (χ1n) is 5.53. The van der Waals surface area contributed by atoms with E-state index < -0.39 is 0 Å². The van der Waals surface area contributed by atoms with Crippen molar-refractivity contribution in [3.05, 3.63) is 57.0 Å². The van der Waals surface area contributed by atoms with Crippen LogP contribution in [0.25, 0.3) is 0 Å². The molecule has 0 heterocycles. The Labute approximate surface area is 130 Å². The van der Waals surface area contributed by atoms with E-state index in [-0.39, 0.29) is 5.91 Å². The number of aryl methyl sites for hydroxylation is 1. The van der Waals surface area contributed by atoms with Gasteiger partial charge in [-0.15, -0.1) is 12.6 Å². The number of anilines is 1. The minimum atomic E-state index is -0.164. The van der Waals surface area contributed by atoms with E-state index >= 15 is 0 Å². The quantitative estimate of drug-likeness (QED) is 0.732. The summed E-state index contributed by atoms with van der Waals surface area (Å²) in [5.74, 6) is -0.164.